The molecule has 1 N–H and O–H groups in total. The molecular weight excluding hydrogens is 268 g/mol. The minimum Gasteiger partial charge on any atom is -0.474 e. The highest BCUT2D eigenvalue weighted by atomic mass is 32.2. The van der Waals surface area contributed by atoms with Crippen molar-refractivity contribution < 1.29 is 17.9 Å². The topological polar surface area (TPSA) is 77.0 Å². The molecule has 3 rings (SSSR count). The normalized spacial score (nSPS) is 24.6. The van der Waals surface area contributed by atoms with Gasteiger partial charge in [-0.05, 0) is 12.1 Å². The van der Waals surface area contributed by atoms with Crippen LogP contribution < -0.4 is 5.32 Å². The highest BCUT2D eigenvalue weighted by Crippen LogP contribution is 2.26. The second-order valence-electron chi connectivity index (χ2n) is 4.38. The van der Waals surface area contributed by atoms with Crippen LogP contribution in [0.2, 0.25) is 0 Å². The van der Waals surface area contributed by atoms with Crippen molar-refractivity contribution in [1.82, 2.24) is 5.32 Å². The summed E-state index contributed by atoms with van der Waals surface area (Å²) in [4.78, 5) is 0.202. The molecule has 2 aliphatic rings. The van der Waals surface area contributed by atoms with E-state index in [1.165, 1.54) is 6.07 Å². The number of nitrogens with zero attached hydrogens (tertiary/aromatic N) is 1. The first-order valence-electron chi connectivity index (χ1n) is 6.06. The van der Waals surface area contributed by atoms with E-state index in [2.05, 4.69) is 9.71 Å². The first-order valence-corrected chi connectivity index (χ1v) is 7.50. The van der Waals surface area contributed by atoms with Gasteiger partial charge in [0.2, 0.25) is 5.90 Å². The number of nitrogens with one attached hydrogen (secondary N) is 1. The fourth-order valence-corrected chi connectivity index (χ4v) is 3.23. The van der Waals surface area contributed by atoms with Crippen molar-refractivity contribution in [2.45, 2.75) is 11.0 Å². The van der Waals surface area contributed by atoms with Crippen molar-refractivity contribution in [2.24, 2.45) is 4.40 Å². The SMILES string of the molecule is O=S1(=O)N=C(OCC2CNCCO2)c2ccccc21. The summed E-state index contributed by atoms with van der Waals surface area (Å²) in [5.41, 5.74) is 0.520. The molecule has 1 atom stereocenters. The predicted molar refractivity (Wildman–Crippen MR) is 68.7 cm³/mol. The lowest BCUT2D eigenvalue weighted by Crippen LogP contribution is -2.41. The third kappa shape index (κ3) is 2.49. The molecule has 1 unspecified atom stereocenters. The van der Waals surface area contributed by atoms with E-state index in [-0.39, 0.29) is 23.5 Å². The predicted octanol–water partition coefficient (Wildman–Crippen LogP) is 0.141. The van der Waals surface area contributed by atoms with Crippen LogP contribution in [-0.2, 0) is 19.5 Å². The molecule has 6 nitrogen and oxygen atoms in total. The maximum Gasteiger partial charge on any atom is 0.286 e. The number of rotatable bonds is 2. The number of hydrogen-bond donors (Lipinski definition) is 1. The van der Waals surface area contributed by atoms with Crippen molar-refractivity contribution >= 4 is 15.9 Å². The zero-order chi connectivity index (χ0) is 13.3. The van der Waals surface area contributed by atoms with E-state index in [9.17, 15) is 8.42 Å². The summed E-state index contributed by atoms with van der Waals surface area (Å²) in [5.74, 6) is 0.157. The molecular formula is C12H14N2O4S. The van der Waals surface area contributed by atoms with Crippen molar-refractivity contribution in [1.29, 1.82) is 0 Å². The minimum absolute atomic E-state index is 0.0769. The molecule has 0 amide bonds. The van der Waals surface area contributed by atoms with E-state index in [1.54, 1.807) is 18.2 Å². The van der Waals surface area contributed by atoms with Crippen LogP contribution in [0.25, 0.3) is 0 Å². The van der Waals surface area contributed by atoms with Gasteiger partial charge in [-0.3, -0.25) is 0 Å². The first kappa shape index (κ1) is 12.6. The van der Waals surface area contributed by atoms with Crippen LogP contribution in [0.15, 0.2) is 33.6 Å². The Balaban J connectivity index is 1.75. The van der Waals surface area contributed by atoms with Crippen LogP contribution in [0, 0.1) is 0 Å². The third-order valence-corrected chi connectivity index (χ3v) is 4.33. The quantitative estimate of drug-likeness (QED) is 0.835. The van der Waals surface area contributed by atoms with Crippen LogP contribution >= 0.6 is 0 Å². The zero-order valence-electron chi connectivity index (χ0n) is 10.2. The van der Waals surface area contributed by atoms with E-state index in [1.807, 2.05) is 0 Å². The lowest BCUT2D eigenvalue weighted by Gasteiger charge is -2.23. The monoisotopic (exact) mass is 282 g/mol. The molecule has 0 aliphatic carbocycles. The zero-order valence-corrected chi connectivity index (χ0v) is 11.0. The van der Waals surface area contributed by atoms with Gasteiger partial charge in [0.05, 0.1) is 12.2 Å². The highest BCUT2D eigenvalue weighted by molar-refractivity contribution is 7.90. The second kappa shape index (κ2) is 4.92. The lowest BCUT2D eigenvalue weighted by molar-refractivity contribution is -0.00240. The smallest absolute Gasteiger partial charge is 0.286 e. The first-order chi connectivity index (χ1) is 9.17. The van der Waals surface area contributed by atoms with Gasteiger partial charge in [-0.1, -0.05) is 12.1 Å². The molecule has 19 heavy (non-hydrogen) atoms. The van der Waals surface area contributed by atoms with Crippen molar-refractivity contribution in [3.8, 4) is 0 Å². The van der Waals surface area contributed by atoms with E-state index >= 15 is 0 Å². The summed E-state index contributed by atoms with van der Waals surface area (Å²) >= 11 is 0. The Morgan fingerprint density at radius 3 is 3.05 bits per heavy atom. The van der Waals surface area contributed by atoms with Gasteiger partial charge in [-0.15, -0.1) is 4.40 Å². The molecule has 0 aromatic heterocycles. The molecule has 0 bridgehead atoms. The summed E-state index contributed by atoms with van der Waals surface area (Å²) in [6.45, 7) is 2.45. The molecule has 102 valence electrons. The van der Waals surface area contributed by atoms with Crippen molar-refractivity contribution in [3.63, 3.8) is 0 Å². The van der Waals surface area contributed by atoms with Gasteiger partial charge in [0.15, 0.2) is 0 Å². The van der Waals surface area contributed by atoms with E-state index in [4.69, 9.17) is 9.47 Å². The van der Waals surface area contributed by atoms with Gasteiger partial charge in [0.1, 0.15) is 17.6 Å². The fraction of sp³-hybridized carbons (Fsp3) is 0.417. The van der Waals surface area contributed by atoms with Crippen LogP contribution in [0.5, 0.6) is 0 Å². The Hall–Kier alpha value is -1.44. The van der Waals surface area contributed by atoms with E-state index < -0.39 is 10.0 Å². The van der Waals surface area contributed by atoms with Gasteiger partial charge >= 0.3 is 0 Å². The number of ether oxygens (including phenoxy) is 2. The van der Waals surface area contributed by atoms with Gasteiger partial charge in [-0.2, -0.15) is 8.42 Å². The minimum atomic E-state index is -3.60. The van der Waals surface area contributed by atoms with Crippen molar-refractivity contribution in [2.75, 3.05) is 26.3 Å². The largest absolute Gasteiger partial charge is 0.474 e. The standard InChI is InChI=1S/C12H14N2O4S/c15-19(16)11-4-2-1-3-10(11)12(14-19)18-8-9-7-13-5-6-17-9/h1-4,9,13H,5-8H2. The van der Waals surface area contributed by atoms with E-state index in [0.717, 1.165) is 6.54 Å². The summed E-state index contributed by atoms with van der Waals surface area (Å²) in [7, 11) is -3.60. The number of fused-ring (bicyclic) bond motifs is 1. The van der Waals surface area contributed by atoms with Gasteiger partial charge in [-0.25, -0.2) is 0 Å². The number of sulfonamides is 1. The second-order valence-corrected chi connectivity index (χ2v) is 5.95. The van der Waals surface area contributed by atoms with Crippen LogP contribution in [0.4, 0.5) is 0 Å². The average Bonchev–Trinajstić information content (AvgIpc) is 2.70. The average molecular weight is 282 g/mol. The number of morpholine rings is 1. The maximum absolute atomic E-state index is 11.8. The van der Waals surface area contributed by atoms with Gasteiger partial charge in [0.25, 0.3) is 10.0 Å². The Bertz CT molecular complexity index is 606. The maximum atomic E-state index is 11.8. The van der Waals surface area contributed by atoms with Crippen LogP contribution in [0.1, 0.15) is 5.56 Å². The summed E-state index contributed by atoms with van der Waals surface area (Å²) < 4.78 is 38.3. The van der Waals surface area contributed by atoms with Crippen LogP contribution in [-0.4, -0.2) is 46.7 Å². The molecule has 1 fully saturated rings. The molecule has 1 aromatic carbocycles. The summed E-state index contributed by atoms with van der Waals surface area (Å²) in [5, 5.41) is 3.18. The summed E-state index contributed by atoms with van der Waals surface area (Å²) in [6.07, 6.45) is -0.0769. The molecule has 0 saturated carbocycles. The molecule has 7 heteroatoms. The Morgan fingerprint density at radius 1 is 1.42 bits per heavy atom. The third-order valence-electron chi connectivity index (χ3n) is 3.01. The Kier molecular flexibility index (Phi) is 3.26. The highest BCUT2D eigenvalue weighted by Gasteiger charge is 2.30. The Labute approximate surface area is 111 Å². The molecule has 2 aliphatic heterocycles. The summed E-state index contributed by atoms with van der Waals surface area (Å²) in [6, 6.07) is 6.65. The number of benzene rings is 1. The molecule has 1 saturated heterocycles. The molecule has 1 aromatic rings. The fourth-order valence-electron chi connectivity index (χ4n) is 2.08. The van der Waals surface area contributed by atoms with Gasteiger partial charge < -0.3 is 14.8 Å². The number of hydrogen-bond acceptors (Lipinski definition) is 5. The molecule has 2 heterocycles. The lowest BCUT2D eigenvalue weighted by atomic mass is 10.2. The van der Waals surface area contributed by atoms with Gasteiger partial charge in [0, 0.05) is 13.1 Å². The van der Waals surface area contributed by atoms with E-state index in [0.29, 0.717) is 18.7 Å². The Morgan fingerprint density at radius 2 is 2.26 bits per heavy atom. The van der Waals surface area contributed by atoms with Crippen molar-refractivity contribution in [3.05, 3.63) is 29.8 Å². The van der Waals surface area contributed by atoms with Crippen LogP contribution in [0.3, 0.4) is 0 Å². The molecule has 0 spiro atoms. The molecule has 0 radical (unpaired) electrons.